The maximum absolute atomic E-state index is 7.08. The number of rotatable bonds is 8. The molecule has 68 heavy (non-hydrogen) atoms. The molecular formula is C63H40N4O. The van der Waals surface area contributed by atoms with E-state index in [9.17, 15) is 0 Å². The molecule has 0 N–H and O–H groups in total. The first-order valence-corrected chi connectivity index (χ1v) is 22.9. The number of hydrogen-bond donors (Lipinski definition) is 0. The van der Waals surface area contributed by atoms with Gasteiger partial charge < -0.3 is 8.98 Å². The van der Waals surface area contributed by atoms with Gasteiger partial charge in [0.05, 0.1) is 11.0 Å². The molecule has 0 atom stereocenters. The van der Waals surface area contributed by atoms with Crippen molar-refractivity contribution in [1.29, 1.82) is 0 Å². The van der Waals surface area contributed by atoms with Crippen LogP contribution in [0.5, 0.6) is 0 Å². The van der Waals surface area contributed by atoms with E-state index in [1.807, 2.05) is 36.4 Å². The number of fused-ring (bicyclic) bond motifs is 6. The van der Waals surface area contributed by atoms with Gasteiger partial charge in [0.2, 0.25) is 0 Å². The van der Waals surface area contributed by atoms with E-state index in [0.717, 1.165) is 88.7 Å². The Hall–Kier alpha value is -9.19. The number of para-hydroxylation sites is 3. The van der Waals surface area contributed by atoms with Crippen molar-refractivity contribution in [3.63, 3.8) is 0 Å². The predicted molar refractivity (Wildman–Crippen MR) is 279 cm³/mol. The fourth-order valence-corrected chi connectivity index (χ4v) is 9.85. The van der Waals surface area contributed by atoms with Crippen LogP contribution in [0.15, 0.2) is 247 Å². The second-order valence-electron chi connectivity index (χ2n) is 17.1. The van der Waals surface area contributed by atoms with Gasteiger partial charge in [-0.2, -0.15) is 0 Å². The van der Waals surface area contributed by atoms with Crippen LogP contribution in [0.25, 0.3) is 128 Å². The van der Waals surface area contributed by atoms with Crippen molar-refractivity contribution < 1.29 is 4.42 Å². The second-order valence-corrected chi connectivity index (χ2v) is 17.1. The molecule has 0 saturated carbocycles. The fourth-order valence-electron chi connectivity index (χ4n) is 9.85. The maximum atomic E-state index is 7.08. The monoisotopic (exact) mass is 868 g/mol. The van der Waals surface area contributed by atoms with Crippen LogP contribution in [0, 0.1) is 0 Å². The summed E-state index contributed by atoms with van der Waals surface area (Å²) < 4.78 is 9.41. The van der Waals surface area contributed by atoms with E-state index >= 15 is 0 Å². The van der Waals surface area contributed by atoms with Crippen molar-refractivity contribution in [1.82, 2.24) is 19.5 Å². The van der Waals surface area contributed by atoms with E-state index in [0.29, 0.717) is 17.5 Å². The third-order valence-electron chi connectivity index (χ3n) is 13.1. The molecule has 0 bridgehead atoms. The average Bonchev–Trinajstić information content (AvgIpc) is 3.96. The number of aromatic nitrogens is 4. The summed E-state index contributed by atoms with van der Waals surface area (Å²) in [5.74, 6) is 1.77. The van der Waals surface area contributed by atoms with E-state index in [-0.39, 0.29) is 0 Å². The SMILES string of the molecule is c1ccc(-c2nc(-c3ccccc3)nc(-c3cc(-c4ccc(-c5ccccc5)c(-c5ccccc5)c4)ccc3-c3cccc4c3oc3cc5c(cc34)c3ccccc3n5-c3ccccc3)n2)cc1. The molecule has 318 valence electrons. The molecule has 13 rings (SSSR count). The average molecular weight is 869 g/mol. The van der Waals surface area contributed by atoms with Crippen molar-refractivity contribution in [2.75, 3.05) is 0 Å². The quantitative estimate of drug-likeness (QED) is 0.153. The first-order chi connectivity index (χ1) is 33.7. The Balaban J connectivity index is 1.06. The first-order valence-electron chi connectivity index (χ1n) is 22.9. The molecule has 13 aromatic rings. The van der Waals surface area contributed by atoms with E-state index in [2.05, 4.69) is 211 Å². The summed E-state index contributed by atoms with van der Waals surface area (Å²) in [6, 6.07) is 85.1. The molecule has 3 aromatic heterocycles. The van der Waals surface area contributed by atoms with Crippen LogP contribution in [0.4, 0.5) is 0 Å². The smallest absolute Gasteiger partial charge is 0.164 e. The van der Waals surface area contributed by atoms with Crippen molar-refractivity contribution in [3.8, 4) is 84.4 Å². The lowest BCUT2D eigenvalue weighted by Gasteiger charge is -2.16. The van der Waals surface area contributed by atoms with Crippen LogP contribution in [0.2, 0.25) is 0 Å². The lowest BCUT2D eigenvalue weighted by Crippen LogP contribution is -2.01. The molecule has 0 radical (unpaired) electrons. The summed E-state index contributed by atoms with van der Waals surface area (Å²) in [5.41, 5.74) is 16.3. The van der Waals surface area contributed by atoms with Crippen molar-refractivity contribution in [2.24, 2.45) is 0 Å². The molecule has 0 amide bonds. The van der Waals surface area contributed by atoms with Gasteiger partial charge in [-0.25, -0.2) is 15.0 Å². The largest absolute Gasteiger partial charge is 0.455 e. The summed E-state index contributed by atoms with van der Waals surface area (Å²) in [6.45, 7) is 0. The highest BCUT2D eigenvalue weighted by Gasteiger charge is 2.22. The molecule has 5 heteroatoms. The van der Waals surface area contributed by atoms with Crippen LogP contribution in [0.3, 0.4) is 0 Å². The number of furan rings is 1. The highest BCUT2D eigenvalue weighted by Crippen LogP contribution is 2.44. The Morgan fingerprint density at radius 3 is 1.44 bits per heavy atom. The minimum atomic E-state index is 0.570. The lowest BCUT2D eigenvalue weighted by molar-refractivity contribution is 0.670. The van der Waals surface area contributed by atoms with Crippen molar-refractivity contribution in [2.45, 2.75) is 0 Å². The third-order valence-corrected chi connectivity index (χ3v) is 13.1. The van der Waals surface area contributed by atoms with Gasteiger partial charge in [-0.15, -0.1) is 0 Å². The van der Waals surface area contributed by atoms with Gasteiger partial charge in [0.15, 0.2) is 17.5 Å². The third kappa shape index (κ3) is 6.76. The minimum Gasteiger partial charge on any atom is -0.455 e. The molecule has 0 aliphatic carbocycles. The molecule has 0 aliphatic rings. The molecule has 0 saturated heterocycles. The van der Waals surface area contributed by atoms with E-state index in [1.54, 1.807) is 0 Å². The topological polar surface area (TPSA) is 56.7 Å². The number of hydrogen-bond acceptors (Lipinski definition) is 4. The normalized spacial score (nSPS) is 11.5. The van der Waals surface area contributed by atoms with Crippen LogP contribution < -0.4 is 0 Å². The van der Waals surface area contributed by atoms with Gasteiger partial charge in [-0.05, 0) is 75.3 Å². The highest BCUT2D eigenvalue weighted by atomic mass is 16.3. The molecule has 0 aliphatic heterocycles. The van der Waals surface area contributed by atoms with Crippen molar-refractivity contribution >= 4 is 43.7 Å². The maximum Gasteiger partial charge on any atom is 0.164 e. The molecule has 0 unspecified atom stereocenters. The molecule has 10 aromatic carbocycles. The number of benzene rings is 10. The predicted octanol–water partition coefficient (Wildman–Crippen LogP) is 16.5. The molecule has 0 fully saturated rings. The van der Waals surface area contributed by atoms with Crippen LogP contribution in [-0.2, 0) is 0 Å². The summed E-state index contributed by atoms with van der Waals surface area (Å²) in [7, 11) is 0. The van der Waals surface area contributed by atoms with Crippen molar-refractivity contribution in [3.05, 3.63) is 243 Å². The lowest BCUT2D eigenvalue weighted by atomic mass is 9.89. The zero-order valence-electron chi connectivity index (χ0n) is 36.8. The van der Waals surface area contributed by atoms with E-state index in [4.69, 9.17) is 19.4 Å². The van der Waals surface area contributed by atoms with Crippen LogP contribution >= 0.6 is 0 Å². The van der Waals surface area contributed by atoms with E-state index < -0.39 is 0 Å². The second kappa shape index (κ2) is 16.4. The Labute approximate surface area is 392 Å². The van der Waals surface area contributed by atoms with Gasteiger partial charge in [0.25, 0.3) is 0 Å². The molecule has 5 nitrogen and oxygen atoms in total. The van der Waals surface area contributed by atoms with Gasteiger partial charge in [0.1, 0.15) is 11.2 Å². The molecule has 3 heterocycles. The summed E-state index contributed by atoms with van der Waals surface area (Å²) in [4.78, 5) is 15.7. The highest BCUT2D eigenvalue weighted by molar-refractivity contribution is 6.19. The molecular weight excluding hydrogens is 829 g/mol. The van der Waals surface area contributed by atoms with E-state index in [1.165, 1.54) is 21.9 Å². The minimum absolute atomic E-state index is 0.570. The van der Waals surface area contributed by atoms with Gasteiger partial charge in [-0.1, -0.05) is 200 Å². The van der Waals surface area contributed by atoms with Gasteiger partial charge in [0, 0.05) is 55.6 Å². The summed E-state index contributed by atoms with van der Waals surface area (Å²) in [6.07, 6.45) is 0. The summed E-state index contributed by atoms with van der Waals surface area (Å²) in [5, 5.41) is 4.48. The van der Waals surface area contributed by atoms with Crippen LogP contribution in [0.1, 0.15) is 0 Å². The Kier molecular flexibility index (Phi) is 9.43. The first kappa shape index (κ1) is 39.2. The van der Waals surface area contributed by atoms with Gasteiger partial charge >= 0.3 is 0 Å². The van der Waals surface area contributed by atoms with Crippen LogP contribution in [-0.4, -0.2) is 19.5 Å². The fraction of sp³-hybridized carbons (Fsp3) is 0. The number of nitrogens with zero attached hydrogens (tertiary/aromatic N) is 4. The Bertz CT molecular complexity index is 3940. The summed E-state index contributed by atoms with van der Waals surface area (Å²) >= 11 is 0. The Morgan fingerprint density at radius 1 is 0.279 bits per heavy atom. The standard InChI is InChI=1S/C63H40N4O/c1-6-19-41(20-7-1)48-35-33-45(37-53(48)42-21-8-2-9-22-42)46-34-36-49(56(38-46)63-65-61(43-23-10-3-11-24-43)64-62(66-63)44-25-12-4-13-26-44)51-30-18-31-52-55-39-54-50-29-16-17-32-57(50)67(47-27-14-5-15-28-47)58(54)40-59(55)68-60(51)52/h1-40H. The molecule has 0 spiro atoms. The zero-order chi connectivity index (χ0) is 45.0. The Morgan fingerprint density at radius 2 is 0.794 bits per heavy atom. The van der Waals surface area contributed by atoms with Gasteiger partial charge in [-0.3, -0.25) is 0 Å². The zero-order valence-corrected chi connectivity index (χ0v) is 36.8.